The van der Waals surface area contributed by atoms with Crippen molar-refractivity contribution in [2.24, 2.45) is 17.8 Å². The number of carbonyl (C=O) groups excluding carboxylic acids is 1. The molecule has 0 saturated heterocycles. The number of thiazole rings is 1. The Kier molecular flexibility index (Phi) is 6.12. The van der Waals surface area contributed by atoms with E-state index in [9.17, 15) is 22.8 Å². The van der Waals surface area contributed by atoms with E-state index in [1.807, 2.05) is 12.1 Å². The first kappa shape index (κ1) is 24.3. The summed E-state index contributed by atoms with van der Waals surface area (Å²) in [5, 5.41) is 3.77. The molecule has 1 amide bonds. The molecule has 2 aliphatic carbocycles. The fourth-order valence-corrected chi connectivity index (χ4v) is 9.85. The zero-order chi connectivity index (χ0) is 25.2. The number of carbonyl (C=O) groups is 1. The van der Waals surface area contributed by atoms with Gasteiger partial charge in [-0.25, -0.2) is 0 Å². The molecule has 6 rings (SSSR count). The minimum absolute atomic E-state index is 0.0554. The van der Waals surface area contributed by atoms with Gasteiger partial charge in [-0.3, -0.25) is 14.2 Å². The Hall–Kier alpha value is -2.04. The van der Waals surface area contributed by atoms with E-state index in [-0.39, 0.29) is 23.0 Å². The summed E-state index contributed by atoms with van der Waals surface area (Å²) in [6, 6.07) is 12.8. The normalized spacial score (nSPS) is 26.5. The molecule has 3 aromatic rings. The maximum absolute atomic E-state index is 13.2. The summed E-state index contributed by atoms with van der Waals surface area (Å²) in [5.41, 5.74) is 0.398. The molecule has 5 atom stereocenters. The molecule has 2 aromatic carbocycles. The molecule has 1 aromatic heterocycles. The third-order valence-electron chi connectivity index (χ3n) is 7.67. The Balaban J connectivity index is 1.33. The number of aromatic nitrogens is 1. The molecule has 10 heteroatoms. The number of nitrogens with one attached hydrogen (secondary N) is 1. The predicted octanol–water partition coefficient (Wildman–Crippen LogP) is 6.98. The van der Waals surface area contributed by atoms with Gasteiger partial charge in [0, 0.05) is 26.2 Å². The van der Waals surface area contributed by atoms with Crippen molar-refractivity contribution >= 4 is 50.6 Å². The lowest BCUT2D eigenvalue weighted by molar-refractivity contribution is -0.137. The van der Waals surface area contributed by atoms with Crippen LogP contribution in [0, 0.1) is 17.8 Å². The number of halogens is 4. The maximum atomic E-state index is 13.2. The van der Waals surface area contributed by atoms with Crippen LogP contribution in [-0.4, -0.2) is 15.7 Å². The molecule has 188 valence electrons. The SMILES string of the molecule is O=C(Cn1c2c(sc1=O)[C@@H](c1cccc(Br)c1)C1C3CCC(C3)C1S2)Nc1cccc(C(F)(F)F)c1. The highest BCUT2D eigenvalue weighted by molar-refractivity contribution is 9.10. The molecule has 2 bridgehead atoms. The summed E-state index contributed by atoms with van der Waals surface area (Å²) in [6.45, 7) is -0.232. The number of nitrogens with zero attached hydrogens (tertiary/aromatic N) is 1. The quantitative estimate of drug-likeness (QED) is 0.354. The van der Waals surface area contributed by atoms with Crippen molar-refractivity contribution in [1.82, 2.24) is 4.57 Å². The van der Waals surface area contributed by atoms with E-state index in [2.05, 4.69) is 33.4 Å². The highest BCUT2D eigenvalue weighted by Crippen LogP contribution is 2.64. The highest BCUT2D eigenvalue weighted by Gasteiger charge is 2.55. The average molecular weight is 596 g/mol. The minimum Gasteiger partial charge on any atom is -0.325 e. The zero-order valence-electron chi connectivity index (χ0n) is 18.9. The molecule has 4 unspecified atom stereocenters. The van der Waals surface area contributed by atoms with Gasteiger partial charge in [-0.15, -0.1) is 11.8 Å². The number of hydrogen-bond acceptors (Lipinski definition) is 4. The highest BCUT2D eigenvalue weighted by atomic mass is 79.9. The van der Waals surface area contributed by atoms with Crippen LogP contribution >= 0.6 is 39.0 Å². The Morgan fingerprint density at radius 3 is 2.67 bits per heavy atom. The zero-order valence-corrected chi connectivity index (χ0v) is 22.1. The number of anilines is 1. The summed E-state index contributed by atoms with van der Waals surface area (Å²) >= 11 is 6.52. The molecule has 2 heterocycles. The fourth-order valence-electron chi connectivity index (χ4n) is 6.28. The standard InChI is InChI=1S/C26H22BrF3N2O2S2/c27-17-5-1-3-13(10-17)21-20-14-7-8-15(9-14)22(20)35-24-23(21)36-25(34)32(24)12-19(33)31-18-6-2-4-16(11-18)26(28,29)30/h1-6,10-11,14-15,20-22H,7-9,12H2,(H,31,33)/t14?,15?,20?,21-,22?/m0/s1. The smallest absolute Gasteiger partial charge is 0.325 e. The molecule has 1 aliphatic heterocycles. The molecule has 0 spiro atoms. The van der Waals surface area contributed by atoms with E-state index < -0.39 is 17.6 Å². The van der Waals surface area contributed by atoms with Crippen molar-refractivity contribution < 1.29 is 18.0 Å². The first-order chi connectivity index (χ1) is 17.2. The Bertz CT molecular complexity index is 1400. The van der Waals surface area contributed by atoms with Gasteiger partial charge in [-0.1, -0.05) is 45.5 Å². The van der Waals surface area contributed by atoms with E-state index in [0.717, 1.165) is 26.5 Å². The molecule has 1 N–H and O–H groups in total. The van der Waals surface area contributed by atoms with Gasteiger partial charge >= 0.3 is 11.0 Å². The van der Waals surface area contributed by atoms with Crippen LogP contribution in [0.3, 0.4) is 0 Å². The number of fused-ring (bicyclic) bond motifs is 6. The molecular weight excluding hydrogens is 573 g/mol. The lowest BCUT2D eigenvalue weighted by Gasteiger charge is -2.40. The van der Waals surface area contributed by atoms with Crippen LogP contribution in [0.2, 0.25) is 0 Å². The van der Waals surface area contributed by atoms with Gasteiger partial charge in [0.25, 0.3) is 0 Å². The van der Waals surface area contributed by atoms with Crippen molar-refractivity contribution in [3.63, 3.8) is 0 Å². The Morgan fingerprint density at radius 2 is 1.89 bits per heavy atom. The average Bonchev–Trinajstić information content (AvgIpc) is 3.52. The monoisotopic (exact) mass is 594 g/mol. The molecule has 36 heavy (non-hydrogen) atoms. The topological polar surface area (TPSA) is 51.1 Å². The van der Waals surface area contributed by atoms with E-state index in [0.29, 0.717) is 23.0 Å². The number of amides is 1. The van der Waals surface area contributed by atoms with Crippen molar-refractivity contribution in [2.75, 3.05) is 5.32 Å². The number of rotatable bonds is 4. The van der Waals surface area contributed by atoms with Gasteiger partial charge in [0.2, 0.25) is 5.91 Å². The molecule has 3 aliphatic rings. The van der Waals surface area contributed by atoms with Crippen LogP contribution < -0.4 is 10.2 Å². The van der Waals surface area contributed by atoms with Crippen LogP contribution in [0.25, 0.3) is 0 Å². The van der Waals surface area contributed by atoms with Gasteiger partial charge in [-0.2, -0.15) is 13.2 Å². The minimum atomic E-state index is -4.50. The molecule has 0 radical (unpaired) electrons. The molecule has 4 nitrogen and oxygen atoms in total. The van der Waals surface area contributed by atoms with E-state index >= 15 is 0 Å². The second kappa shape index (κ2) is 9.06. The third-order valence-corrected chi connectivity index (χ3v) is 11.0. The number of hydrogen-bond donors (Lipinski definition) is 1. The van der Waals surface area contributed by atoms with Crippen LogP contribution in [0.4, 0.5) is 18.9 Å². The van der Waals surface area contributed by atoms with Gasteiger partial charge < -0.3 is 5.32 Å². The predicted molar refractivity (Wildman–Crippen MR) is 139 cm³/mol. The Labute approximate surface area is 222 Å². The van der Waals surface area contributed by atoms with Crippen LogP contribution in [-0.2, 0) is 17.5 Å². The first-order valence-electron chi connectivity index (χ1n) is 11.8. The first-order valence-corrected chi connectivity index (χ1v) is 14.3. The third kappa shape index (κ3) is 4.24. The summed E-state index contributed by atoms with van der Waals surface area (Å²) in [5.74, 6) is 1.28. The lowest BCUT2D eigenvalue weighted by Crippen LogP contribution is -2.34. The van der Waals surface area contributed by atoms with Crippen molar-refractivity contribution in [2.45, 2.75) is 48.2 Å². The van der Waals surface area contributed by atoms with E-state index in [1.54, 1.807) is 11.8 Å². The fraction of sp³-hybridized carbons (Fsp3) is 0.385. The number of thioether (sulfide) groups is 1. The summed E-state index contributed by atoms with van der Waals surface area (Å²) in [6.07, 6.45) is -0.869. The molecule has 2 saturated carbocycles. The second-order valence-corrected chi connectivity index (χ2v) is 12.9. The number of benzene rings is 2. The van der Waals surface area contributed by atoms with Gasteiger partial charge in [0.15, 0.2) is 0 Å². The molecule has 2 fully saturated rings. The van der Waals surface area contributed by atoms with Gasteiger partial charge in [0.05, 0.1) is 10.6 Å². The summed E-state index contributed by atoms with van der Waals surface area (Å²) in [7, 11) is 0. The van der Waals surface area contributed by atoms with Crippen LogP contribution in [0.15, 0.2) is 62.8 Å². The number of alkyl halides is 3. The van der Waals surface area contributed by atoms with Crippen LogP contribution in [0.5, 0.6) is 0 Å². The van der Waals surface area contributed by atoms with Gasteiger partial charge in [0.1, 0.15) is 6.54 Å². The van der Waals surface area contributed by atoms with E-state index in [4.69, 9.17) is 0 Å². The second-order valence-electron chi connectivity index (χ2n) is 9.78. The van der Waals surface area contributed by atoms with Gasteiger partial charge in [-0.05, 0) is 72.9 Å². The molecular formula is C26H22BrF3N2O2S2. The Morgan fingerprint density at radius 1 is 1.11 bits per heavy atom. The summed E-state index contributed by atoms with van der Waals surface area (Å²) < 4.78 is 41.7. The lowest BCUT2D eigenvalue weighted by atomic mass is 9.75. The van der Waals surface area contributed by atoms with Crippen molar-refractivity contribution in [3.8, 4) is 0 Å². The van der Waals surface area contributed by atoms with E-state index in [1.165, 1.54) is 52.9 Å². The van der Waals surface area contributed by atoms with Crippen molar-refractivity contribution in [1.29, 1.82) is 0 Å². The largest absolute Gasteiger partial charge is 0.416 e. The van der Waals surface area contributed by atoms with Crippen molar-refractivity contribution in [3.05, 3.63) is 78.7 Å². The van der Waals surface area contributed by atoms with Crippen LogP contribution in [0.1, 0.15) is 41.2 Å². The maximum Gasteiger partial charge on any atom is 0.416 e. The summed E-state index contributed by atoms with van der Waals surface area (Å²) in [4.78, 5) is 26.8.